The van der Waals surface area contributed by atoms with E-state index in [0.29, 0.717) is 24.5 Å². The average Bonchev–Trinajstić information content (AvgIpc) is 2.32. The van der Waals surface area contributed by atoms with E-state index in [2.05, 4.69) is 4.98 Å². The molecule has 8 nitrogen and oxygen atoms in total. The molecule has 0 bridgehead atoms. The molecular weight excluding hydrogens is 266 g/mol. The van der Waals surface area contributed by atoms with E-state index in [9.17, 15) is 14.9 Å². The standard InChI is InChI=1S/C12H15N3O5/c1-8-3-10(13-4-9(8)15(18)19)14-6-12(2,7-14)20-5-11(16)17/h3-4H,5-7H2,1-2H3,(H,16,17). The molecule has 0 spiro atoms. The smallest absolute Gasteiger partial charge is 0.329 e. The molecule has 8 heteroatoms. The zero-order chi connectivity index (χ0) is 14.9. The van der Waals surface area contributed by atoms with E-state index in [0.717, 1.165) is 0 Å². The summed E-state index contributed by atoms with van der Waals surface area (Å²) in [4.78, 5) is 26.7. The number of aliphatic carboxylic acids is 1. The maximum atomic E-state index is 10.7. The van der Waals surface area contributed by atoms with E-state index in [1.165, 1.54) is 6.20 Å². The Kier molecular flexibility index (Phi) is 3.58. The van der Waals surface area contributed by atoms with Crippen molar-refractivity contribution < 1.29 is 19.6 Å². The lowest BCUT2D eigenvalue weighted by Crippen LogP contribution is -2.62. The van der Waals surface area contributed by atoms with E-state index < -0.39 is 16.5 Å². The van der Waals surface area contributed by atoms with Gasteiger partial charge in [-0.3, -0.25) is 10.1 Å². The number of nitro groups is 1. The van der Waals surface area contributed by atoms with Crippen LogP contribution in [-0.2, 0) is 9.53 Å². The molecular formula is C12H15N3O5. The summed E-state index contributed by atoms with van der Waals surface area (Å²) in [5, 5.41) is 19.3. The summed E-state index contributed by atoms with van der Waals surface area (Å²) < 4.78 is 5.29. The zero-order valence-corrected chi connectivity index (χ0v) is 11.2. The van der Waals surface area contributed by atoms with Gasteiger partial charge in [-0.1, -0.05) is 0 Å². The molecule has 1 fully saturated rings. The topological polar surface area (TPSA) is 106 Å². The minimum absolute atomic E-state index is 0.0147. The van der Waals surface area contributed by atoms with Crippen LogP contribution in [-0.4, -0.2) is 46.3 Å². The molecule has 0 aromatic carbocycles. The van der Waals surface area contributed by atoms with Crippen LogP contribution in [0.5, 0.6) is 0 Å². The number of carbonyl (C=O) groups is 1. The van der Waals surface area contributed by atoms with Crippen molar-refractivity contribution in [3.63, 3.8) is 0 Å². The van der Waals surface area contributed by atoms with Gasteiger partial charge in [0.1, 0.15) is 24.2 Å². The van der Waals surface area contributed by atoms with Gasteiger partial charge in [0.15, 0.2) is 0 Å². The van der Waals surface area contributed by atoms with E-state index in [1.54, 1.807) is 13.0 Å². The van der Waals surface area contributed by atoms with E-state index in [-0.39, 0.29) is 12.3 Å². The van der Waals surface area contributed by atoms with Crippen LogP contribution in [0, 0.1) is 17.0 Å². The van der Waals surface area contributed by atoms with Crippen molar-refractivity contribution in [2.75, 3.05) is 24.6 Å². The molecule has 0 unspecified atom stereocenters. The third-order valence-electron chi connectivity index (χ3n) is 3.18. The number of hydrogen-bond donors (Lipinski definition) is 1. The highest BCUT2D eigenvalue weighted by Gasteiger charge is 2.41. The molecule has 0 atom stereocenters. The summed E-state index contributed by atoms with van der Waals surface area (Å²) in [6.07, 6.45) is 1.23. The van der Waals surface area contributed by atoms with Crippen molar-refractivity contribution in [1.29, 1.82) is 0 Å². The lowest BCUT2D eigenvalue weighted by atomic mass is 9.96. The lowest BCUT2D eigenvalue weighted by molar-refractivity contribution is -0.385. The highest BCUT2D eigenvalue weighted by Crippen LogP contribution is 2.30. The molecule has 1 aliphatic rings. The summed E-state index contributed by atoms with van der Waals surface area (Å²) in [5.41, 5.74) is 0.00895. The normalized spacial score (nSPS) is 16.6. The number of aromatic nitrogens is 1. The third-order valence-corrected chi connectivity index (χ3v) is 3.18. The predicted octanol–water partition coefficient (Wildman–Crippen LogP) is 0.978. The predicted molar refractivity (Wildman–Crippen MR) is 69.8 cm³/mol. The maximum absolute atomic E-state index is 10.7. The van der Waals surface area contributed by atoms with Gasteiger partial charge in [-0.05, 0) is 19.9 Å². The van der Waals surface area contributed by atoms with E-state index >= 15 is 0 Å². The number of ether oxygens (including phenoxy) is 1. The van der Waals surface area contributed by atoms with Crippen LogP contribution in [0.1, 0.15) is 12.5 Å². The second-order valence-electron chi connectivity index (χ2n) is 5.07. The van der Waals surface area contributed by atoms with E-state index in [1.807, 2.05) is 11.8 Å². The number of carboxylic acids is 1. The first kappa shape index (κ1) is 14.2. The first-order valence-corrected chi connectivity index (χ1v) is 6.02. The molecule has 108 valence electrons. The average molecular weight is 281 g/mol. The van der Waals surface area contributed by atoms with Crippen molar-refractivity contribution >= 4 is 17.5 Å². The summed E-state index contributed by atoms with van der Waals surface area (Å²) in [7, 11) is 0. The summed E-state index contributed by atoms with van der Waals surface area (Å²) >= 11 is 0. The number of aryl methyl sites for hydroxylation is 1. The van der Waals surface area contributed by atoms with Crippen LogP contribution >= 0.6 is 0 Å². The number of rotatable bonds is 5. The Morgan fingerprint density at radius 2 is 2.30 bits per heavy atom. The Morgan fingerprint density at radius 1 is 1.65 bits per heavy atom. The Labute approximate surface area is 115 Å². The molecule has 0 amide bonds. The molecule has 20 heavy (non-hydrogen) atoms. The molecule has 0 radical (unpaired) electrons. The van der Waals surface area contributed by atoms with Gasteiger partial charge < -0.3 is 14.7 Å². The molecule has 1 saturated heterocycles. The zero-order valence-electron chi connectivity index (χ0n) is 11.2. The van der Waals surface area contributed by atoms with Gasteiger partial charge in [0, 0.05) is 18.7 Å². The third kappa shape index (κ3) is 2.85. The number of anilines is 1. The lowest BCUT2D eigenvalue weighted by Gasteiger charge is -2.47. The fourth-order valence-corrected chi connectivity index (χ4v) is 2.15. The van der Waals surface area contributed by atoms with E-state index in [4.69, 9.17) is 9.84 Å². The SMILES string of the molecule is Cc1cc(N2CC(C)(OCC(=O)O)C2)ncc1[N+](=O)[O-]. The minimum Gasteiger partial charge on any atom is -0.480 e. The van der Waals surface area contributed by atoms with Gasteiger partial charge in [-0.15, -0.1) is 0 Å². The Bertz CT molecular complexity index is 554. The molecule has 1 N–H and O–H groups in total. The molecule has 1 aliphatic heterocycles. The molecule has 1 aromatic heterocycles. The fraction of sp³-hybridized carbons (Fsp3) is 0.500. The molecule has 2 heterocycles. The van der Waals surface area contributed by atoms with Crippen LogP contribution < -0.4 is 4.90 Å². The molecule has 0 saturated carbocycles. The highest BCUT2D eigenvalue weighted by molar-refractivity contribution is 5.68. The van der Waals surface area contributed by atoms with Crippen molar-refractivity contribution in [3.05, 3.63) is 27.9 Å². The van der Waals surface area contributed by atoms with Crippen LogP contribution in [0.2, 0.25) is 0 Å². The maximum Gasteiger partial charge on any atom is 0.329 e. The summed E-state index contributed by atoms with van der Waals surface area (Å²) in [6.45, 7) is 4.15. The largest absolute Gasteiger partial charge is 0.480 e. The number of pyridine rings is 1. The van der Waals surface area contributed by atoms with Crippen molar-refractivity contribution in [2.45, 2.75) is 19.4 Å². The van der Waals surface area contributed by atoms with Gasteiger partial charge in [-0.25, -0.2) is 9.78 Å². The van der Waals surface area contributed by atoms with Crippen molar-refractivity contribution in [3.8, 4) is 0 Å². The Morgan fingerprint density at radius 3 is 2.80 bits per heavy atom. The van der Waals surface area contributed by atoms with Crippen LogP contribution in [0.15, 0.2) is 12.3 Å². The Balaban J connectivity index is 2.00. The molecule has 2 rings (SSSR count). The monoisotopic (exact) mass is 281 g/mol. The highest BCUT2D eigenvalue weighted by atomic mass is 16.6. The van der Waals surface area contributed by atoms with Crippen LogP contribution in [0.3, 0.4) is 0 Å². The quantitative estimate of drug-likeness (QED) is 0.633. The molecule has 0 aliphatic carbocycles. The fourth-order valence-electron chi connectivity index (χ4n) is 2.15. The van der Waals surface area contributed by atoms with Gasteiger partial charge >= 0.3 is 5.97 Å². The summed E-state index contributed by atoms with van der Waals surface area (Å²) in [5.74, 6) is -0.376. The first-order chi connectivity index (χ1) is 9.31. The number of hydrogen-bond acceptors (Lipinski definition) is 6. The van der Waals surface area contributed by atoms with Gasteiger partial charge in [0.25, 0.3) is 5.69 Å². The second-order valence-corrected chi connectivity index (χ2v) is 5.07. The van der Waals surface area contributed by atoms with Crippen LogP contribution in [0.4, 0.5) is 11.5 Å². The number of nitrogens with zero attached hydrogens (tertiary/aromatic N) is 3. The van der Waals surface area contributed by atoms with Gasteiger partial charge in [0.05, 0.1) is 4.92 Å². The number of carboxylic acid groups (broad SMARTS) is 1. The first-order valence-electron chi connectivity index (χ1n) is 6.02. The van der Waals surface area contributed by atoms with Gasteiger partial charge in [-0.2, -0.15) is 0 Å². The van der Waals surface area contributed by atoms with Crippen LogP contribution in [0.25, 0.3) is 0 Å². The minimum atomic E-state index is -1.01. The second kappa shape index (κ2) is 5.04. The van der Waals surface area contributed by atoms with Gasteiger partial charge in [0.2, 0.25) is 0 Å². The summed E-state index contributed by atoms with van der Waals surface area (Å²) in [6, 6.07) is 1.65. The molecule has 1 aromatic rings. The Hall–Kier alpha value is -2.22. The van der Waals surface area contributed by atoms with Crippen molar-refractivity contribution in [1.82, 2.24) is 4.98 Å². The van der Waals surface area contributed by atoms with Crippen molar-refractivity contribution in [2.24, 2.45) is 0 Å².